The van der Waals surface area contributed by atoms with Gasteiger partial charge in [0, 0.05) is 27.4 Å². The van der Waals surface area contributed by atoms with Gasteiger partial charge in [-0.1, -0.05) is 39.7 Å². The number of benzene rings is 2. The van der Waals surface area contributed by atoms with E-state index < -0.39 is 15.4 Å². The molecule has 0 aliphatic heterocycles. The first-order chi connectivity index (χ1) is 14.3. The summed E-state index contributed by atoms with van der Waals surface area (Å²) >= 11 is 9.89. The predicted octanol–water partition coefficient (Wildman–Crippen LogP) is 5.20. The van der Waals surface area contributed by atoms with Gasteiger partial charge in [0.1, 0.15) is 0 Å². The third kappa shape index (κ3) is 5.19. The standard InChI is InChI=1S/C22H23BrClN3O3S/c1-13-19(21(28)25-22(2,3)4)26-27(18-11-8-15(23)12-17(18)24)20(13)14-6-9-16(10-7-14)31(5,29)30/h6-12H,1-5H3,(H,25,28). The molecule has 1 N–H and O–H groups in total. The molecule has 0 saturated heterocycles. The Kier molecular flexibility index (Phi) is 6.37. The van der Waals surface area contributed by atoms with Gasteiger partial charge in [0.05, 0.1) is 21.3 Å². The van der Waals surface area contributed by atoms with Crippen molar-refractivity contribution in [1.29, 1.82) is 0 Å². The second-order valence-electron chi connectivity index (χ2n) is 8.33. The molecule has 0 aliphatic carbocycles. The Morgan fingerprint density at radius 1 is 1.13 bits per heavy atom. The topological polar surface area (TPSA) is 81.1 Å². The van der Waals surface area contributed by atoms with Crippen molar-refractivity contribution in [2.75, 3.05) is 6.26 Å². The summed E-state index contributed by atoms with van der Waals surface area (Å²) in [6, 6.07) is 11.9. The molecule has 0 bridgehead atoms. The second kappa shape index (κ2) is 8.41. The summed E-state index contributed by atoms with van der Waals surface area (Å²) in [5.74, 6) is -0.300. The Morgan fingerprint density at radius 3 is 2.26 bits per heavy atom. The number of sulfone groups is 1. The SMILES string of the molecule is Cc1c(C(=O)NC(C)(C)C)nn(-c2ccc(Br)cc2Cl)c1-c1ccc(S(C)(=O)=O)cc1. The molecule has 0 unspecified atom stereocenters. The van der Waals surface area contributed by atoms with Crippen LogP contribution in [0.25, 0.3) is 16.9 Å². The van der Waals surface area contributed by atoms with Crippen LogP contribution in [0, 0.1) is 6.92 Å². The molecule has 0 aliphatic rings. The van der Waals surface area contributed by atoms with Crippen LogP contribution in [-0.4, -0.2) is 35.9 Å². The number of amides is 1. The summed E-state index contributed by atoms with van der Waals surface area (Å²) in [7, 11) is -3.33. The van der Waals surface area contributed by atoms with E-state index in [0.29, 0.717) is 27.5 Å². The van der Waals surface area contributed by atoms with Gasteiger partial charge in [-0.3, -0.25) is 4.79 Å². The fourth-order valence-electron chi connectivity index (χ4n) is 3.14. The highest BCUT2D eigenvalue weighted by Gasteiger charge is 2.25. The number of carbonyl (C=O) groups is 1. The molecule has 3 rings (SSSR count). The Labute approximate surface area is 195 Å². The Bertz CT molecular complexity index is 1260. The summed E-state index contributed by atoms with van der Waals surface area (Å²) in [6.07, 6.45) is 1.16. The lowest BCUT2D eigenvalue weighted by Crippen LogP contribution is -2.41. The maximum Gasteiger partial charge on any atom is 0.272 e. The summed E-state index contributed by atoms with van der Waals surface area (Å²) < 4.78 is 26.1. The highest BCUT2D eigenvalue weighted by molar-refractivity contribution is 9.10. The number of hydrogen-bond acceptors (Lipinski definition) is 4. The molecule has 9 heteroatoms. The maximum absolute atomic E-state index is 12.9. The largest absolute Gasteiger partial charge is 0.346 e. The zero-order valence-electron chi connectivity index (χ0n) is 17.8. The van der Waals surface area contributed by atoms with Crippen LogP contribution >= 0.6 is 27.5 Å². The van der Waals surface area contributed by atoms with Crippen molar-refractivity contribution in [1.82, 2.24) is 15.1 Å². The average molecular weight is 525 g/mol. The molecule has 164 valence electrons. The lowest BCUT2D eigenvalue weighted by atomic mass is 10.0. The van der Waals surface area contributed by atoms with Gasteiger partial charge >= 0.3 is 0 Å². The number of halogens is 2. The van der Waals surface area contributed by atoms with E-state index in [9.17, 15) is 13.2 Å². The number of nitrogens with zero attached hydrogens (tertiary/aromatic N) is 2. The zero-order chi connectivity index (χ0) is 23.1. The van der Waals surface area contributed by atoms with Crippen molar-refractivity contribution in [3.05, 3.63) is 63.2 Å². The number of carbonyl (C=O) groups excluding carboxylic acids is 1. The third-order valence-electron chi connectivity index (χ3n) is 4.52. The molecular weight excluding hydrogens is 502 g/mol. The molecule has 3 aromatic rings. The van der Waals surface area contributed by atoms with Crippen LogP contribution in [0.3, 0.4) is 0 Å². The van der Waals surface area contributed by atoms with Gasteiger partial charge in [-0.05, 0) is 58.0 Å². The summed E-state index contributed by atoms with van der Waals surface area (Å²) in [6.45, 7) is 7.50. The minimum absolute atomic E-state index is 0.215. The predicted molar refractivity (Wildman–Crippen MR) is 127 cm³/mol. The molecule has 0 fully saturated rings. The van der Waals surface area contributed by atoms with Crippen LogP contribution in [0.4, 0.5) is 0 Å². The van der Waals surface area contributed by atoms with Crippen LogP contribution in [0.1, 0.15) is 36.8 Å². The Morgan fingerprint density at radius 2 is 1.74 bits per heavy atom. The van der Waals surface area contributed by atoms with E-state index in [-0.39, 0.29) is 16.5 Å². The van der Waals surface area contributed by atoms with Gasteiger partial charge in [-0.2, -0.15) is 5.10 Å². The van der Waals surface area contributed by atoms with Crippen LogP contribution in [0.2, 0.25) is 5.02 Å². The van der Waals surface area contributed by atoms with E-state index >= 15 is 0 Å². The van der Waals surface area contributed by atoms with Gasteiger partial charge in [-0.25, -0.2) is 13.1 Å². The van der Waals surface area contributed by atoms with E-state index in [4.69, 9.17) is 11.6 Å². The van der Waals surface area contributed by atoms with Gasteiger partial charge in [-0.15, -0.1) is 0 Å². The number of rotatable bonds is 4. The number of nitrogens with one attached hydrogen (secondary N) is 1. The quantitative estimate of drug-likeness (QED) is 0.509. The molecule has 0 atom stereocenters. The van der Waals surface area contributed by atoms with Crippen molar-refractivity contribution in [2.24, 2.45) is 0 Å². The third-order valence-corrected chi connectivity index (χ3v) is 6.44. The molecule has 31 heavy (non-hydrogen) atoms. The average Bonchev–Trinajstić information content (AvgIpc) is 2.97. The first kappa shape index (κ1) is 23.5. The first-order valence-corrected chi connectivity index (χ1v) is 12.5. The fourth-order valence-corrected chi connectivity index (χ4v) is 4.52. The lowest BCUT2D eigenvalue weighted by Gasteiger charge is -2.19. The molecule has 0 saturated carbocycles. The monoisotopic (exact) mass is 523 g/mol. The van der Waals surface area contributed by atoms with Crippen molar-refractivity contribution in [2.45, 2.75) is 38.1 Å². The van der Waals surface area contributed by atoms with Crippen molar-refractivity contribution >= 4 is 43.3 Å². The first-order valence-electron chi connectivity index (χ1n) is 9.46. The smallest absolute Gasteiger partial charge is 0.272 e. The summed E-state index contributed by atoms with van der Waals surface area (Å²) in [5.41, 5.74) is 2.48. The van der Waals surface area contributed by atoms with Crippen molar-refractivity contribution in [3.8, 4) is 16.9 Å². The van der Waals surface area contributed by atoms with Crippen molar-refractivity contribution < 1.29 is 13.2 Å². The van der Waals surface area contributed by atoms with Gasteiger partial charge in [0.15, 0.2) is 15.5 Å². The normalized spacial score (nSPS) is 12.1. The molecule has 1 amide bonds. The maximum atomic E-state index is 12.9. The van der Waals surface area contributed by atoms with Crippen LogP contribution < -0.4 is 5.32 Å². The Balaban J connectivity index is 2.24. The minimum Gasteiger partial charge on any atom is -0.346 e. The molecule has 0 radical (unpaired) electrons. The van der Waals surface area contributed by atoms with E-state index in [1.165, 1.54) is 0 Å². The van der Waals surface area contributed by atoms with Crippen LogP contribution in [0.15, 0.2) is 51.8 Å². The summed E-state index contributed by atoms with van der Waals surface area (Å²) in [5, 5.41) is 7.98. The highest BCUT2D eigenvalue weighted by Crippen LogP contribution is 2.33. The number of hydrogen-bond donors (Lipinski definition) is 1. The highest BCUT2D eigenvalue weighted by atomic mass is 79.9. The van der Waals surface area contributed by atoms with Gasteiger partial charge in [0.2, 0.25) is 0 Å². The van der Waals surface area contributed by atoms with E-state index in [1.54, 1.807) is 41.1 Å². The van der Waals surface area contributed by atoms with Crippen LogP contribution in [-0.2, 0) is 9.84 Å². The second-order valence-corrected chi connectivity index (χ2v) is 11.7. The number of aromatic nitrogens is 2. The molecule has 1 aromatic heterocycles. The Hall–Kier alpha value is -2.16. The fraction of sp³-hybridized carbons (Fsp3) is 0.273. The molecule has 0 spiro atoms. The molecule has 2 aromatic carbocycles. The summed E-state index contributed by atoms with van der Waals surface area (Å²) in [4.78, 5) is 13.1. The van der Waals surface area contributed by atoms with Crippen molar-refractivity contribution in [3.63, 3.8) is 0 Å². The van der Waals surface area contributed by atoms with Gasteiger partial charge in [0.25, 0.3) is 5.91 Å². The zero-order valence-corrected chi connectivity index (χ0v) is 21.0. The molecule has 6 nitrogen and oxygen atoms in total. The van der Waals surface area contributed by atoms with Crippen LogP contribution in [0.5, 0.6) is 0 Å². The molecule has 1 heterocycles. The lowest BCUT2D eigenvalue weighted by molar-refractivity contribution is 0.0913. The van der Waals surface area contributed by atoms with E-state index in [1.807, 2.05) is 33.8 Å². The molecular formula is C22H23BrClN3O3S. The minimum atomic E-state index is -3.33. The van der Waals surface area contributed by atoms with Gasteiger partial charge < -0.3 is 5.32 Å². The van der Waals surface area contributed by atoms with E-state index in [2.05, 4.69) is 26.3 Å². The van der Waals surface area contributed by atoms with E-state index in [0.717, 1.165) is 10.7 Å².